The minimum Gasteiger partial charge on any atom is -0.492 e. The number of nitrogens with one attached hydrogen (secondary N) is 1. The third-order valence-electron chi connectivity index (χ3n) is 5.36. The van der Waals surface area contributed by atoms with Crippen LogP contribution in [0.2, 0.25) is 10.0 Å². The number of sulfonamides is 1. The first-order valence-corrected chi connectivity index (χ1v) is 12.3. The van der Waals surface area contributed by atoms with Gasteiger partial charge in [-0.1, -0.05) is 36.2 Å². The molecule has 1 heterocycles. The van der Waals surface area contributed by atoms with E-state index in [2.05, 4.69) is 12.2 Å². The maximum Gasteiger partial charge on any atom is 0.252 e. The average molecular weight is 485 g/mol. The van der Waals surface area contributed by atoms with Crippen LogP contribution in [0.1, 0.15) is 35.7 Å². The lowest BCUT2D eigenvalue weighted by Gasteiger charge is -2.29. The van der Waals surface area contributed by atoms with Gasteiger partial charge < -0.3 is 10.1 Å². The van der Waals surface area contributed by atoms with Crippen LogP contribution in [0.15, 0.2) is 41.3 Å². The Morgan fingerprint density at radius 3 is 2.52 bits per heavy atom. The molecule has 0 aromatic heterocycles. The van der Waals surface area contributed by atoms with Crippen LogP contribution in [0.3, 0.4) is 0 Å². The fraction of sp³-hybridized carbons (Fsp3) is 0.409. The molecule has 0 saturated carbocycles. The van der Waals surface area contributed by atoms with Crippen molar-refractivity contribution in [3.63, 3.8) is 0 Å². The summed E-state index contributed by atoms with van der Waals surface area (Å²) in [6.07, 6.45) is 1.65. The second-order valence-electron chi connectivity index (χ2n) is 7.74. The van der Waals surface area contributed by atoms with Gasteiger partial charge in [0.2, 0.25) is 10.0 Å². The van der Waals surface area contributed by atoms with Crippen molar-refractivity contribution in [2.24, 2.45) is 5.92 Å². The number of piperidine rings is 1. The van der Waals surface area contributed by atoms with Gasteiger partial charge in [-0.25, -0.2) is 8.42 Å². The Morgan fingerprint density at radius 1 is 1.13 bits per heavy atom. The van der Waals surface area contributed by atoms with E-state index in [1.165, 1.54) is 22.5 Å². The number of ether oxygens (including phenoxy) is 1. The minimum atomic E-state index is -3.67. The van der Waals surface area contributed by atoms with E-state index in [0.29, 0.717) is 29.8 Å². The zero-order valence-corrected chi connectivity index (χ0v) is 19.9. The molecule has 2 aromatic carbocycles. The lowest BCUT2D eigenvalue weighted by molar-refractivity contribution is 0.0947. The normalized spacial score (nSPS) is 15.6. The summed E-state index contributed by atoms with van der Waals surface area (Å²) in [4.78, 5) is 12.7. The molecule has 2 aromatic rings. The largest absolute Gasteiger partial charge is 0.492 e. The van der Waals surface area contributed by atoms with Crippen molar-refractivity contribution in [3.05, 3.63) is 57.6 Å². The lowest BCUT2D eigenvalue weighted by Crippen LogP contribution is -2.38. The van der Waals surface area contributed by atoms with Gasteiger partial charge in [-0.3, -0.25) is 4.79 Å². The van der Waals surface area contributed by atoms with Crippen molar-refractivity contribution >= 4 is 39.1 Å². The second-order valence-corrected chi connectivity index (χ2v) is 10.5. The Hall–Kier alpha value is -1.80. The van der Waals surface area contributed by atoms with Crippen molar-refractivity contribution in [2.45, 2.75) is 31.6 Å². The maximum atomic E-state index is 13.0. The SMILES string of the molecule is Cc1ccc(OCCNC(=O)c2cc(S(=O)(=O)N3CCC(C)CC3)ccc2Cl)cc1Cl. The molecule has 0 radical (unpaired) electrons. The van der Waals surface area contributed by atoms with E-state index < -0.39 is 15.9 Å². The molecule has 168 valence electrons. The third-order valence-corrected chi connectivity index (χ3v) is 7.99. The van der Waals surface area contributed by atoms with Crippen molar-refractivity contribution < 1.29 is 17.9 Å². The monoisotopic (exact) mass is 484 g/mol. The first-order chi connectivity index (χ1) is 14.7. The Labute approximate surface area is 193 Å². The molecule has 6 nitrogen and oxygen atoms in total. The summed E-state index contributed by atoms with van der Waals surface area (Å²) < 4.78 is 33.0. The Balaban J connectivity index is 1.62. The first-order valence-electron chi connectivity index (χ1n) is 10.2. The summed E-state index contributed by atoms with van der Waals surface area (Å²) in [5, 5.41) is 3.51. The minimum absolute atomic E-state index is 0.0714. The zero-order valence-electron chi connectivity index (χ0n) is 17.5. The smallest absolute Gasteiger partial charge is 0.252 e. The van der Waals surface area contributed by atoms with E-state index >= 15 is 0 Å². The summed E-state index contributed by atoms with van der Waals surface area (Å²) in [7, 11) is -3.67. The van der Waals surface area contributed by atoms with Gasteiger partial charge in [-0.05, 0) is 61.6 Å². The van der Waals surface area contributed by atoms with Crippen LogP contribution in [0.25, 0.3) is 0 Å². The van der Waals surface area contributed by atoms with Crippen LogP contribution >= 0.6 is 23.2 Å². The molecule has 1 aliphatic rings. The van der Waals surface area contributed by atoms with Crippen LogP contribution in [0.4, 0.5) is 0 Å². The number of aryl methyl sites for hydroxylation is 1. The molecule has 1 saturated heterocycles. The fourth-order valence-corrected chi connectivity index (χ4v) is 5.18. The van der Waals surface area contributed by atoms with E-state index in [1.54, 1.807) is 12.1 Å². The number of hydrogen-bond acceptors (Lipinski definition) is 4. The van der Waals surface area contributed by atoms with E-state index in [-0.39, 0.29) is 28.6 Å². The van der Waals surface area contributed by atoms with Crippen LogP contribution in [0, 0.1) is 12.8 Å². The number of carbonyl (C=O) groups excluding carboxylic acids is 1. The quantitative estimate of drug-likeness (QED) is 0.585. The van der Waals surface area contributed by atoms with Crippen LogP contribution in [-0.2, 0) is 10.0 Å². The van der Waals surface area contributed by atoms with Crippen molar-refractivity contribution in [3.8, 4) is 5.75 Å². The Kier molecular flexibility index (Phi) is 7.86. The summed E-state index contributed by atoms with van der Waals surface area (Å²) in [5.74, 6) is 0.655. The number of halogens is 2. The molecule has 1 N–H and O–H groups in total. The van der Waals surface area contributed by atoms with Crippen molar-refractivity contribution in [1.29, 1.82) is 0 Å². The van der Waals surface area contributed by atoms with Crippen molar-refractivity contribution in [1.82, 2.24) is 9.62 Å². The molecule has 9 heteroatoms. The fourth-order valence-electron chi connectivity index (χ4n) is 3.31. The summed E-state index contributed by atoms with van der Waals surface area (Å²) in [6.45, 7) is 5.43. The molecule has 1 fully saturated rings. The number of rotatable bonds is 7. The molecular formula is C22H26Cl2N2O4S. The predicted octanol–water partition coefficient (Wildman–Crippen LogP) is 4.53. The molecule has 0 bridgehead atoms. The molecule has 1 aliphatic heterocycles. The van der Waals surface area contributed by atoms with E-state index in [0.717, 1.165) is 18.4 Å². The van der Waals surface area contributed by atoms with Gasteiger partial charge in [0.25, 0.3) is 5.91 Å². The number of hydrogen-bond donors (Lipinski definition) is 1. The van der Waals surface area contributed by atoms with Gasteiger partial charge in [-0.15, -0.1) is 0 Å². The van der Waals surface area contributed by atoms with Crippen molar-refractivity contribution in [2.75, 3.05) is 26.2 Å². The number of nitrogens with zero attached hydrogens (tertiary/aromatic N) is 1. The maximum absolute atomic E-state index is 13.0. The third kappa shape index (κ3) is 5.92. The highest BCUT2D eigenvalue weighted by Gasteiger charge is 2.29. The molecular weight excluding hydrogens is 459 g/mol. The molecule has 3 rings (SSSR count). The van der Waals surface area contributed by atoms with Gasteiger partial charge in [0, 0.05) is 18.1 Å². The van der Waals surface area contributed by atoms with Gasteiger partial charge in [-0.2, -0.15) is 4.31 Å². The number of carbonyl (C=O) groups is 1. The number of amides is 1. The molecule has 0 unspecified atom stereocenters. The zero-order chi connectivity index (χ0) is 22.6. The number of benzene rings is 2. The molecule has 0 spiro atoms. The average Bonchev–Trinajstić information content (AvgIpc) is 2.74. The van der Waals surface area contributed by atoms with E-state index in [1.807, 2.05) is 13.0 Å². The predicted molar refractivity (Wildman–Crippen MR) is 123 cm³/mol. The van der Waals surface area contributed by atoms with Gasteiger partial charge in [0.1, 0.15) is 12.4 Å². The van der Waals surface area contributed by atoms with Gasteiger partial charge >= 0.3 is 0 Å². The highest BCUT2D eigenvalue weighted by molar-refractivity contribution is 7.89. The Bertz CT molecular complexity index is 1050. The summed E-state index contributed by atoms with van der Waals surface area (Å²) >= 11 is 12.2. The molecule has 1 amide bonds. The van der Waals surface area contributed by atoms with Gasteiger partial charge in [0.15, 0.2) is 0 Å². The second kappa shape index (κ2) is 10.2. The van der Waals surface area contributed by atoms with Crippen LogP contribution in [0.5, 0.6) is 5.75 Å². The highest BCUT2D eigenvalue weighted by Crippen LogP contribution is 2.26. The molecule has 31 heavy (non-hydrogen) atoms. The van der Waals surface area contributed by atoms with Crippen LogP contribution < -0.4 is 10.1 Å². The van der Waals surface area contributed by atoms with E-state index in [4.69, 9.17) is 27.9 Å². The Morgan fingerprint density at radius 2 is 1.84 bits per heavy atom. The molecule has 0 aliphatic carbocycles. The van der Waals surface area contributed by atoms with E-state index in [9.17, 15) is 13.2 Å². The highest BCUT2D eigenvalue weighted by atomic mass is 35.5. The standard InChI is InChI=1S/C22H26Cl2N2O4S/c1-15-7-10-26(11-8-15)31(28,29)18-5-6-20(23)19(14-18)22(27)25-9-12-30-17-4-3-16(2)21(24)13-17/h3-6,13-15H,7-12H2,1-2H3,(H,25,27). The topological polar surface area (TPSA) is 75.7 Å². The van der Waals surface area contributed by atoms with Crippen LogP contribution in [-0.4, -0.2) is 44.9 Å². The summed E-state index contributed by atoms with van der Waals surface area (Å²) in [6, 6.07) is 9.59. The first kappa shape index (κ1) is 23.9. The summed E-state index contributed by atoms with van der Waals surface area (Å²) in [5.41, 5.74) is 1.07. The molecule has 0 atom stereocenters. The lowest BCUT2D eigenvalue weighted by atomic mass is 10.0. The van der Waals surface area contributed by atoms with Gasteiger partial charge in [0.05, 0.1) is 22.0 Å².